The van der Waals surface area contributed by atoms with Gasteiger partial charge in [-0.3, -0.25) is 4.72 Å². The van der Waals surface area contributed by atoms with Crippen molar-refractivity contribution < 1.29 is 8.42 Å². The molecule has 3 nitrogen and oxygen atoms in total. The Kier molecular flexibility index (Phi) is 5.38. The van der Waals surface area contributed by atoms with Crippen LogP contribution in [-0.2, 0) is 10.0 Å². The molecular formula is C10H12Cl3NO2S. The minimum Gasteiger partial charge on any atom is -0.282 e. The Morgan fingerprint density at radius 2 is 1.88 bits per heavy atom. The fraction of sp³-hybridized carbons (Fsp3) is 0.400. The quantitative estimate of drug-likeness (QED) is 0.842. The van der Waals surface area contributed by atoms with Gasteiger partial charge >= 0.3 is 0 Å². The van der Waals surface area contributed by atoms with E-state index in [2.05, 4.69) is 4.72 Å². The molecular weight excluding hydrogens is 305 g/mol. The highest BCUT2D eigenvalue weighted by molar-refractivity contribution is 7.92. The molecule has 0 fully saturated rings. The molecule has 0 atom stereocenters. The lowest BCUT2D eigenvalue weighted by atomic mass is 10.2. The number of rotatable bonds is 5. The second kappa shape index (κ2) is 6.14. The Labute approximate surface area is 116 Å². The van der Waals surface area contributed by atoms with Gasteiger partial charge in [-0.25, -0.2) is 8.42 Å². The zero-order valence-electron chi connectivity index (χ0n) is 9.13. The van der Waals surface area contributed by atoms with Crippen molar-refractivity contribution in [2.45, 2.75) is 13.3 Å². The molecule has 0 saturated carbocycles. The van der Waals surface area contributed by atoms with Gasteiger partial charge in [0.25, 0.3) is 0 Å². The summed E-state index contributed by atoms with van der Waals surface area (Å²) in [6, 6.07) is 3.11. The fourth-order valence-corrected chi connectivity index (χ4v) is 3.10. The van der Waals surface area contributed by atoms with Gasteiger partial charge in [0.2, 0.25) is 10.0 Å². The largest absolute Gasteiger partial charge is 0.282 e. The number of sulfonamides is 1. The van der Waals surface area contributed by atoms with E-state index in [1.54, 1.807) is 13.0 Å². The molecule has 0 amide bonds. The normalized spacial score (nSPS) is 11.5. The fourth-order valence-electron chi connectivity index (χ4n) is 1.19. The van der Waals surface area contributed by atoms with Crippen LogP contribution in [0.2, 0.25) is 10.0 Å². The Balaban J connectivity index is 2.92. The highest BCUT2D eigenvalue weighted by atomic mass is 35.5. The highest BCUT2D eigenvalue weighted by Gasteiger charge is 2.13. The number of anilines is 1. The molecule has 17 heavy (non-hydrogen) atoms. The van der Waals surface area contributed by atoms with Gasteiger partial charge in [-0.05, 0) is 31.0 Å². The number of halogens is 3. The molecule has 1 rings (SSSR count). The predicted octanol–water partition coefficient (Wildman–Crippen LogP) is 3.67. The number of aryl methyl sites for hydroxylation is 1. The zero-order chi connectivity index (χ0) is 13.1. The summed E-state index contributed by atoms with van der Waals surface area (Å²) in [7, 11) is -3.43. The first-order valence-electron chi connectivity index (χ1n) is 4.88. The Morgan fingerprint density at radius 3 is 2.47 bits per heavy atom. The van der Waals surface area contributed by atoms with Crippen molar-refractivity contribution >= 4 is 50.5 Å². The third kappa shape index (κ3) is 4.54. The van der Waals surface area contributed by atoms with E-state index in [1.807, 2.05) is 0 Å². The number of benzene rings is 1. The van der Waals surface area contributed by atoms with E-state index in [0.717, 1.165) is 5.56 Å². The van der Waals surface area contributed by atoms with Crippen LogP contribution < -0.4 is 4.72 Å². The molecule has 0 bridgehead atoms. The Bertz CT molecular complexity index is 503. The van der Waals surface area contributed by atoms with Crippen LogP contribution in [0.1, 0.15) is 12.0 Å². The van der Waals surface area contributed by atoms with Crippen molar-refractivity contribution in [3.05, 3.63) is 27.7 Å². The van der Waals surface area contributed by atoms with E-state index in [1.165, 1.54) is 6.07 Å². The van der Waals surface area contributed by atoms with Crippen LogP contribution in [-0.4, -0.2) is 20.1 Å². The average molecular weight is 317 g/mol. The zero-order valence-corrected chi connectivity index (χ0v) is 12.2. The predicted molar refractivity (Wildman–Crippen MR) is 73.9 cm³/mol. The molecule has 1 N–H and O–H groups in total. The molecule has 0 aliphatic rings. The maximum absolute atomic E-state index is 11.6. The van der Waals surface area contributed by atoms with Crippen LogP contribution in [0.15, 0.2) is 12.1 Å². The minimum atomic E-state index is -3.43. The molecule has 0 saturated heterocycles. The number of alkyl halides is 1. The molecule has 0 heterocycles. The molecule has 0 aliphatic carbocycles. The summed E-state index contributed by atoms with van der Waals surface area (Å²) in [5.74, 6) is 0.252. The second-order valence-corrected chi connectivity index (χ2v) is 6.58. The van der Waals surface area contributed by atoms with Gasteiger partial charge in [-0.15, -0.1) is 11.6 Å². The monoisotopic (exact) mass is 315 g/mol. The molecule has 0 aromatic heterocycles. The maximum atomic E-state index is 11.6. The van der Waals surface area contributed by atoms with Gasteiger partial charge in [0, 0.05) is 10.9 Å². The van der Waals surface area contributed by atoms with Gasteiger partial charge in [0.1, 0.15) is 0 Å². The van der Waals surface area contributed by atoms with Crippen molar-refractivity contribution in [3.8, 4) is 0 Å². The third-order valence-corrected chi connectivity index (χ3v) is 4.40. The first-order valence-corrected chi connectivity index (χ1v) is 7.82. The maximum Gasteiger partial charge on any atom is 0.232 e. The summed E-state index contributed by atoms with van der Waals surface area (Å²) in [5.41, 5.74) is 1.08. The van der Waals surface area contributed by atoms with Crippen LogP contribution in [0.5, 0.6) is 0 Å². The summed E-state index contributed by atoms with van der Waals surface area (Å²) in [4.78, 5) is 0. The van der Waals surface area contributed by atoms with Crippen LogP contribution >= 0.6 is 34.8 Å². The number of nitrogens with one attached hydrogen (secondary N) is 1. The molecule has 0 spiro atoms. The summed E-state index contributed by atoms with van der Waals surface area (Å²) >= 11 is 17.3. The molecule has 1 aromatic rings. The van der Waals surface area contributed by atoms with Crippen LogP contribution in [0.4, 0.5) is 5.69 Å². The molecule has 0 radical (unpaired) electrons. The summed E-state index contributed by atoms with van der Waals surface area (Å²) in [5, 5.41) is 0.783. The van der Waals surface area contributed by atoms with Crippen LogP contribution in [0, 0.1) is 6.92 Å². The van der Waals surface area contributed by atoms with E-state index in [4.69, 9.17) is 34.8 Å². The lowest BCUT2D eigenvalue weighted by molar-refractivity contribution is 0.600. The number of hydrogen-bond donors (Lipinski definition) is 1. The van der Waals surface area contributed by atoms with Gasteiger partial charge in [-0.1, -0.05) is 23.2 Å². The SMILES string of the molecule is Cc1cc(Cl)c(NS(=O)(=O)CCCCl)cc1Cl. The molecule has 0 unspecified atom stereocenters. The minimum absolute atomic E-state index is 0.0433. The standard InChI is InChI=1S/C10H12Cl3NO2S/c1-7-5-9(13)10(6-8(7)12)14-17(15,16)4-2-3-11/h5-6,14H,2-4H2,1H3. The van der Waals surface area contributed by atoms with Gasteiger partial charge in [0.05, 0.1) is 16.5 Å². The van der Waals surface area contributed by atoms with Gasteiger partial charge in [-0.2, -0.15) is 0 Å². The lowest BCUT2D eigenvalue weighted by Gasteiger charge is -2.10. The lowest BCUT2D eigenvalue weighted by Crippen LogP contribution is -2.17. The Hall–Kier alpha value is -0.160. The third-order valence-electron chi connectivity index (χ3n) is 2.06. The molecule has 7 heteroatoms. The first-order chi connectivity index (χ1) is 7.85. The van der Waals surface area contributed by atoms with E-state index < -0.39 is 10.0 Å². The summed E-state index contributed by atoms with van der Waals surface area (Å²) in [6.45, 7) is 1.79. The molecule has 0 aliphatic heterocycles. The van der Waals surface area contributed by atoms with Gasteiger partial charge < -0.3 is 0 Å². The second-order valence-electron chi connectivity index (χ2n) is 3.54. The van der Waals surface area contributed by atoms with E-state index >= 15 is 0 Å². The molecule has 1 aromatic carbocycles. The van der Waals surface area contributed by atoms with Crippen molar-refractivity contribution in [1.82, 2.24) is 0 Å². The van der Waals surface area contributed by atoms with Crippen molar-refractivity contribution in [1.29, 1.82) is 0 Å². The highest BCUT2D eigenvalue weighted by Crippen LogP contribution is 2.29. The number of hydrogen-bond acceptors (Lipinski definition) is 2. The van der Waals surface area contributed by atoms with Crippen LogP contribution in [0.25, 0.3) is 0 Å². The van der Waals surface area contributed by atoms with Crippen molar-refractivity contribution in [2.75, 3.05) is 16.4 Å². The van der Waals surface area contributed by atoms with E-state index in [-0.39, 0.29) is 11.4 Å². The first kappa shape index (κ1) is 14.9. The average Bonchev–Trinajstić information content (AvgIpc) is 2.23. The Morgan fingerprint density at radius 1 is 1.24 bits per heavy atom. The van der Waals surface area contributed by atoms with Crippen molar-refractivity contribution in [3.63, 3.8) is 0 Å². The summed E-state index contributed by atoms with van der Waals surface area (Å²) < 4.78 is 25.7. The molecule has 96 valence electrons. The van der Waals surface area contributed by atoms with Crippen LogP contribution in [0.3, 0.4) is 0 Å². The smallest absolute Gasteiger partial charge is 0.232 e. The van der Waals surface area contributed by atoms with Gasteiger partial charge in [0.15, 0.2) is 0 Å². The van der Waals surface area contributed by atoms with E-state index in [9.17, 15) is 8.42 Å². The summed E-state index contributed by atoms with van der Waals surface area (Å²) in [6.07, 6.45) is 0.383. The topological polar surface area (TPSA) is 46.2 Å². The van der Waals surface area contributed by atoms with Crippen molar-refractivity contribution in [2.24, 2.45) is 0 Å². The van der Waals surface area contributed by atoms with E-state index in [0.29, 0.717) is 22.3 Å².